The second kappa shape index (κ2) is 7.26. The van der Waals surface area contributed by atoms with E-state index in [-0.39, 0.29) is 17.2 Å². The number of carbonyl (C=O) groups is 2. The molecule has 0 N–H and O–H groups in total. The van der Waals surface area contributed by atoms with Gasteiger partial charge in [-0.2, -0.15) is 0 Å². The first-order valence-electron chi connectivity index (χ1n) is 7.82. The van der Waals surface area contributed by atoms with Crippen molar-refractivity contribution in [3.05, 3.63) is 76.9 Å². The van der Waals surface area contributed by atoms with Crippen molar-refractivity contribution in [2.75, 3.05) is 7.11 Å². The van der Waals surface area contributed by atoms with Gasteiger partial charge in [-0.25, -0.2) is 4.79 Å². The molecule has 0 bridgehead atoms. The van der Waals surface area contributed by atoms with Crippen LogP contribution < -0.4 is 0 Å². The quantitative estimate of drug-likeness (QED) is 0.467. The van der Waals surface area contributed by atoms with Gasteiger partial charge in [-0.1, -0.05) is 63.2 Å². The number of rotatable bonds is 4. The van der Waals surface area contributed by atoms with Gasteiger partial charge in [0.1, 0.15) is 0 Å². The van der Waals surface area contributed by atoms with Crippen LogP contribution in [-0.4, -0.2) is 18.9 Å². The van der Waals surface area contributed by atoms with E-state index in [1.807, 2.05) is 24.3 Å². The van der Waals surface area contributed by atoms with Crippen molar-refractivity contribution in [2.45, 2.75) is 26.2 Å². The number of benzene rings is 2. The maximum absolute atomic E-state index is 12.2. The van der Waals surface area contributed by atoms with Crippen LogP contribution in [0.15, 0.2) is 54.6 Å². The van der Waals surface area contributed by atoms with Crippen molar-refractivity contribution >= 4 is 17.8 Å². The minimum absolute atomic E-state index is 0.0486. The highest BCUT2D eigenvalue weighted by Crippen LogP contribution is 2.22. The van der Waals surface area contributed by atoms with Crippen LogP contribution in [-0.2, 0) is 10.2 Å². The summed E-state index contributed by atoms with van der Waals surface area (Å²) in [6, 6.07) is 14.6. The van der Waals surface area contributed by atoms with Crippen LogP contribution in [0, 0.1) is 0 Å². The fourth-order valence-corrected chi connectivity index (χ4v) is 2.25. The molecule has 0 saturated carbocycles. The average molecular weight is 322 g/mol. The van der Waals surface area contributed by atoms with Gasteiger partial charge in [-0.3, -0.25) is 4.79 Å². The van der Waals surface area contributed by atoms with Crippen LogP contribution in [0.25, 0.3) is 6.08 Å². The zero-order valence-corrected chi connectivity index (χ0v) is 14.5. The first-order chi connectivity index (χ1) is 11.3. The highest BCUT2D eigenvalue weighted by Gasteiger charge is 2.13. The molecule has 0 atom stereocenters. The van der Waals surface area contributed by atoms with E-state index in [0.717, 1.165) is 5.56 Å². The summed E-state index contributed by atoms with van der Waals surface area (Å²) in [7, 11) is 1.35. The van der Waals surface area contributed by atoms with Crippen LogP contribution >= 0.6 is 0 Å². The molecule has 0 aliphatic rings. The molecule has 2 aromatic carbocycles. The Morgan fingerprint density at radius 3 is 1.92 bits per heavy atom. The minimum Gasteiger partial charge on any atom is -0.465 e. The number of ether oxygens (including phenoxy) is 1. The minimum atomic E-state index is -0.374. The molecule has 0 aliphatic carbocycles. The summed E-state index contributed by atoms with van der Waals surface area (Å²) in [5, 5.41) is 0. The molecule has 0 unspecified atom stereocenters. The van der Waals surface area contributed by atoms with Gasteiger partial charge in [0.25, 0.3) is 0 Å². The highest BCUT2D eigenvalue weighted by atomic mass is 16.5. The Labute approximate surface area is 143 Å². The molecule has 0 amide bonds. The fourth-order valence-electron chi connectivity index (χ4n) is 2.25. The smallest absolute Gasteiger partial charge is 0.337 e. The first-order valence-corrected chi connectivity index (χ1v) is 7.82. The summed E-state index contributed by atoms with van der Waals surface area (Å²) in [6.45, 7) is 6.42. The van der Waals surface area contributed by atoms with Gasteiger partial charge in [-0.05, 0) is 34.8 Å². The van der Waals surface area contributed by atoms with Crippen molar-refractivity contribution in [1.82, 2.24) is 0 Å². The van der Waals surface area contributed by atoms with Gasteiger partial charge < -0.3 is 4.74 Å². The van der Waals surface area contributed by atoms with E-state index < -0.39 is 0 Å². The molecule has 3 heteroatoms. The van der Waals surface area contributed by atoms with Gasteiger partial charge in [0.05, 0.1) is 12.7 Å². The van der Waals surface area contributed by atoms with Crippen molar-refractivity contribution in [3.8, 4) is 0 Å². The van der Waals surface area contributed by atoms with Crippen molar-refractivity contribution in [2.24, 2.45) is 0 Å². The Hall–Kier alpha value is -2.68. The van der Waals surface area contributed by atoms with Gasteiger partial charge in [-0.15, -0.1) is 0 Å². The van der Waals surface area contributed by atoms with E-state index in [2.05, 4.69) is 25.5 Å². The lowest BCUT2D eigenvalue weighted by molar-refractivity contribution is 0.0600. The van der Waals surface area contributed by atoms with Crippen molar-refractivity contribution < 1.29 is 14.3 Å². The van der Waals surface area contributed by atoms with Crippen molar-refractivity contribution in [3.63, 3.8) is 0 Å². The fraction of sp³-hybridized carbons (Fsp3) is 0.238. The van der Waals surface area contributed by atoms with E-state index in [0.29, 0.717) is 11.1 Å². The average Bonchev–Trinajstić information content (AvgIpc) is 2.58. The Bertz CT molecular complexity index is 745. The van der Waals surface area contributed by atoms with Crippen molar-refractivity contribution in [1.29, 1.82) is 0 Å². The van der Waals surface area contributed by atoms with Crippen LogP contribution in [0.4, 0.5) is 0 Å². The molecule has 0 saturated heterocycles. The lowest BCUT2D eigenvalue weighted by atomic mass is 9.86. The van der Waals surface area contributed by atoms with E-state index in [1.165, 1.54) is 12.7 Å². The maximum atomic E-state index is 12.2. The maximum Gasteiger partial charge on any atom is 0.337 e. The first kappa shape index (κ1) is 17.7. The number of allylic oxidation sites excluding steroid dienone is 1. The zero-order valence-electron chi connectivity index (χ0n) is 14.5. The molecule has 0 aliphatic heterocycles. The number of ketones is 1. The molecular weight excluding hydrogens is 300 g/mol. The molecule has 2 aromatic rings. The lowest BCUT2D eigenvalue weighted by Gasteiger charge is -2.18. The summed E-state index contributed by atoms with van der Waals surface area (Å²) in [5.74, 6) is -0.423. The molecule has 0 fully saturated rings. The number of hydrogen-bond acceptors (Lipinski definition) is 3. The largest absolute Gasteiger partial charge is 0.465 e. The predicted octanol–water partition coefficient (Wildman–Crippen LogP) is 4.67. The van der Waals surface area contributed by atoms with Gasteiger partial charge in [0.15, 0.2) is 5.78 Å². The van der Waals surface area contributed by atoms with Gasteiger partial charge >= 0.3 is 5.97 Å². The summed E-state index contributed by atoms with van der Waals surface area (Å²) >= 11 is 0. The summed E-state index contributed by atoms with van der Waals surface area (Å²) in [6.07, 6.45) is 3.28. The third kappa shape index (κ3) is 4.42. The third-order valence-corrected chi connectivity index (χ3v) is 3.79. The summed E-state index contributed by atoms with van der Waals surface area (Å²) in [4.78, 5) is 23.6. The zero-order chi connectivity index (χ0) is 17.7. The van der Waals surface area contributed by atoms with Crippen LogP contribution in [0.1, 0.15) is 52.6 Å². The normalized spacial score (nSPS) is 11.5. The Morgan fingerprint density at radius 2 is 1.42 bits per heavy atom. The van der Waals surface area contributed by atoms with E-state index >= 15 is 0 Å². The molecule has 124 valence electrons. The molecule has 0 heterocycles. The SMILES string of the molecule is COC(=O)c1ccc(C=CC(=O)c2ccc(C(C)(C)C)cc2)cc1. The Morgan fingerprint density at radius 1 is 0.875 bits per heavy atom. The lowest BCUT2D eigenvalue weighted by Crippen LogP contribution is -2.11. The molecule has 0 radical (unpaired) electrons. The second-order valence-electron chi connectivity index (χ2n) is 6.64. The van der Waals surface area contributed by atoms with E-state index in [9.17, 15) is 9.59 Å². The monoisotopic (exact) mass is 322 g/mol. The molecule has 0 aromatic heterocycles. The summed E-state index contributed by atoms with van der Waals surface area (Å²) in [5.41, 5.74) is 3.26. The molecule has 2 rings (SSSR count). The predicted molar refractivity (Wildman–Crippen MR) is 96.3 cm³/mol. The van der Waals surface area contributed by atoms with Crippen LogP contribution in [0.5, 0.6) is 0 Å². The number of esters is 1. The standard InChI is InChI=1S/C21H22O3/c1-21(2,3)18-12-10-16(11-13-18)19(22)14-7-15-5-8-17(9-6-15)20(23)24-4/h5-14H,1-4H3. The number of carbonyl (C=O) groups excluding carboxylic acids is 2. The van der Waals surface area contributed by atoms with E-state index in [1.54, 1.807) is 36.4 Å². The number of methoxy groups -OCH3 is 1. The number of hydrogen-bond donors (Lipinski definition) is 0. The highest BCUT2D eigenvalue weighted by molar-refractivity contribution is 6.06. The second-order valence-corrected chi connectivity index (χ2v) is 6.64. The molecule has 3 nitrogen and oxygen atoms in total. The van der Waals surface area contributed by atoms with Crippen LogP contribution in [0.2, 0.25) is 0 Å². The Kier molecular flexibility index (Phi) is 5.35. The van der Waals surface area contributed by atoms with Crippen LogP contribution in [0.3, 0.4) is 0 Å². The molecule has 0 spiro atoms. The molecule has 24 heavy (non-hydrogen) atoms. The third-order valence-electron chi connectivity index (χ3n) is 3.79. The van der Waals surface area contributed by atoms with Gasteiger partial charge in [0.2, 0.25) is 0 Å². The Balaban J connectivity index is 2.08. The summed E-state index contributed by atoms with van der Waals surface area (Å²) < 4.78 is 4.65. The molecular formula is C21H22O3. The van der Waals surface area contributed by atoms with E-state index in [4.69, 9.17) is 0 Å². The topological polar surface area (TPSA) is 43.4 Å². The van der Waals surface area contributed by atoms with Gasteiger partial charge in [0, 0.05) is 5.56 Å².